The molecule has 1 unspecified atom stereocenters. The van der Waals surface area contributed by atoms with Crippen LogP contribution in [0.15, 0.2) is 6.07 Å². The first-order chi connectivity index (χ1) is 8.20. The fourth-order valence-corrected chi connectivity index (χ4v) is 1.19. The summed E-state index contributed by atoms with van der Waals surface area (Å²) in [6, 6.07) is 1.44. The lowest BCUT2D eigenvalue weighted by atomic mass is 9.96. The van der Waals surface area contributed by atoms with Crippen LogP contribution in [-0.4, -0.2) is 34.1 Å². The largest absolute Gasteiger partial charge is 0.385 e. The molecule has 0 fully saturated rings. The zero-order valence-corrected chi connectivity index (χ0v) is 10.6. The van der Waals surface area contributed by atoms with Gasteiger partial charge in [0.1, 0.15) is 23.6 Å². The van der Waals surface area contributed by atoms with Crippen LogP contribution in [-0.2, 0) is 5.41 Å². The lowest BCUT2D eigenvalue weighted by molar-refractivity contribution is 0.00380. The molecule has 0 spiro atoms. The number of nitrogens with two attached hydrogens (primary N) is 1. The summed E-state index contributed by atoms with van der Waals surface area (Å²) >= 11 is 0. The number of nitrogen functional groups attached to an aromatic ring is 1. The third-order valence-electron chi connectivity index (χ3n) is 2.20. The van der Waals surface area contributed by atoms with Crippen molar-refractivity contribution in [3.63, 3.8) is 0 Å². The van der Waals surface area contributed by atoms with Gasteiger partial charge in [0.05, 0.1) is 0 Å². The first kappa shape index (κ1) is 14.6. The van der Waals surface area contributed by atoms with Crippen LogP contribution < -0.4 is 11.1 Å². The Balaban J connectivity index is 2.81. The summed E-state index contributed by atoms with van der Waals surface area (Å²) in [5.41, 5.74) is 5.32. The zero-order valence-electron chi connectivity index (χ0n) is 10.6. The molecule has 0 saturated heterocycles. The first-order valence-corrected chi connectivity index (χ1v) is 5.55. The van der Waals surface area contributed by atoms with Gasteiger partial charge >= 0.3 is 0 Å². The number of aromatic nitrogens is 2. The first-order valence-electron chi connectivity index (χ1n) is 5.55. The van der Waals surface area contributed by atoms with Gasteiger partial charge in [-0.1, -0.05) is 20.8 Å². The minimum atomic E-state index is -2.79. The average Bonchev–Trinajstić information content (AvgIpc) is 2.23. The number of aliphatic hydroxyl groups excluding tert-OH is 1. The van der Waals surface area contributed by atoms with E-state index in [1.54, 1.807) is 0 Å². The number of rotatable bonds is 4. The Kier molecular flexibility index (Phi) is 4.39. The van der Waals surface area contributed by atoms with Gasteiger partial charge in [0, 0.05) is 18.0 Å². The Bertz CT molecular complexity index is 407. The number of hydrogen-bond donors (Lipinski definition) is 3. The van der Waals surface area contributed by atoms with E-state index in [0.29, 0.717) is 11.6 Å². The molecule has 1 rings (SSSR count). The van der Waals surface area contributed by atoms with Crippen LogP contribution in [0.3, 0.4) is 0 Å². The third-order valence-corrected chi connectivity index (χ3v) is 2.20. The fourth-order valence-electron chi connectivity index (χ4n) is 1.19. The summed E-state index contributed by atoms with van der Waals surface area (Å²) < 4.78 is 24.3. The van der Waals surface area contributed by atoms with Crippen molar-refractivity contribution in [3.05, 3.63) is 11.9 Å². The van der Waals surface area contributed by atoms with Gasteiger partial charge in [-0.05, 0) is 0 Å². The number of nitrogens with zero attached hydrogens (tertiary/aromatic N) is 2. The summed E-state index contributed by atoms with van der Waals surface area (Å²) in [6.45, 7) is 5.45. The average molecular weight is 260 g/mol. The quantitative estimate of drug-likeness (QED) is 0.762. The normalized spacial score (nSPS) is 13.7. The summed E-state index contributed by atoms with van der Waals surface area (Å²) in [7, 11) is 0. The van der Waals surface area contributed by atoms with Crippen LogP contribution in [0.5, 0.6) is 0 Å². The van der Waals surface area contributed by atoms with Gasteiger partial charge in [0.2, 0.25) is 0 Å². The van der Waals surface area contributed by atoms with Gasteiger partial charge < -0.3 is 16.2 Å². The van der Waals surface area contributed by atoms with Crippen LogP contribution in [0.1, 0.15) is 26.6 Å². The van der Waals surface area contributed by atoms with Gasteiger partial charge in [-0.3, -0.25) is 0 Å². The Morgan fingerprint density at radius 2 is 2.00 bits per heavy atom. The third kappa shape index (κ3) is 4.06. The van der Waals surface area contributed by atoms with Gasteiger partial charge in [-0.2, -0.15) is 0 Å². The molecule has 102 valence electrons. The monoisotopic (exact) mass is 260 g/mol. The number of aliphatic hydroxyl groups is 1. The van der Waals surface area contributed by atoms with Crippen molar-refractivity contribution >= 4 is 11.6 Å². The molecule has 18 heavy (non-hydrogen) atoms. The highest BCUT2D eigenvalue weighted by Gasteiger charge is 2.20. The maximum absolute atomic E-state index is 12.1. The van der Waals surface area contributed by atoms with E-state index in [-0.39, 0.29) is 17.8 Å². The molecule has 4 N–H and O–H groups in total. The molecule has 0 amide bonds. The van der Waals surface area contributed by atoms with Crippen molar-refractivity contribution in [1.29, 1.82) is 0 Å². The molecule has 0 aliphatic carbocycles. The molecule has 0 aliphatic rings. The molecule has 0 bridgehead atoms. The van der Waals surface area contributed by atoms with E-state index in [1.165, 1.54) is 6.07 Å². The van der Waals surface area contributed by atoms with E-state index in [1.807, 2.05) is 20.8 Å². The van der Waals surface area contributed by atoms with E-state index >= 15 is 0 Å². The van der Waals surface area contributed by atoms with Crippen LogP contribution in [0, 0.1) is 0 Å². The highest BCUT2D eigenvalue weighted by Crippen LogP contribution is 2.21. The zero-order chi connectivity index (χ0) is 13.9. The summed E-state index contributed by atoms with van der Waals surface area (Å²) in [5.74, 6) is 1.09. The molecular formula is C11H18F2N4O. The second kappa shape index (κ2) is 5.43. The van der Waals surface area contributed by atoms with Crippen molar-refractivity contribution < 1.29 is 13.9 Å². The number of hydrogen-bond acceptors (Lipinski definition) is 5. The maximum atomic E-state index is 12.1. The van der Waals surface area contributed by atoms with Crippen LogP contribution in [0.4, 0.5) is 20.4 Å². The van der Waals surface area contributed by atoms with E-state index in [4.69, 9.17) is 10.8 Å². The SMILES string of the molecule is CC(C)(C)c1nc(N)cc(NCC(O)C(F)F)n1. The molecule has 1 aromatic rings. The Morgan fingerprint density at radius 3 is 2.50 bits per heavy atom. The molecule has 0 aliphatic heterocycles. The van der Waals surface area contributed by atoms with E-state index in [9.17, 15) is 8.78 Å². The highest BCUT2D eigenvalue weighted by molar-refractivity contribution is 5.45. The minimum absolute atomic E-state index is 0.254. The molecule has 1 atom stereocenters. The molecule has 0 saturated carbocycles. The van der Waals surface area contributed by atoms with Crippen LogP contribution in [0.2, 0.25) is 0 Å². The second-order valence-electron chi connectivity index (χ2n) is 5.03. The van der Waals surface area contributed by atoms with Crippen molar-refractivity contribution in [3.8, 4) is 0 Å². The summed E-state index contributed by atoms with van der Waals surface area (Å²) in [5, 5.41) is 11.6. The van der Waals surface area contributed by atoms with E-state index in [2.05, 4.69) is 15.3 Å². The Morgan fingerprint density at radius 1 is 1.39 bits per heavy atom. The van der Waals surface area contributed by atoms with E-state index in [0.717, 1.165) is 0 Å². The highest BCUT2D eigenvalue weighted by atomic mass is 19.3. The molecule has 5 nitrogen and oxygen atoms in total. The van der Waals surface area contributed by atoms with Crippen molar-refractivity contribution in [2.75, 3.05) is 17.6 Å². The topological polar surface area (TPSA) is 84.1 Å². The molecule has 1 heterocycles. The molecule has 7 heteroatoms. The lowest BCUT2D eigenvalue weighted by Gasteiger charge is -2.18. The van der Waals surface area contributed by atoms with Gasteiger partial charge in [0.25, 0.3) is 6.43 Å². The lowest BCUT2D eigenvalue weighted by Crippen LogP contribution is -2.27. The smallest absolute Gasteiger partial charge is 0.265 e. The van der Waals surface area contributed by atoms with Gasteiger partial charge in [-0.15, -0.1) is 0 Å². The van der Waals surface area contributed by atoms with E-state index < -0.39 is 12.5 Å². The minimum Gasteiger partial charge on any atom is -0.385 e. The molecule has 1 aromatic heterocycles. The standard InChI is InChI=1S/C11H18F2N4O/c1-11(2,3)10-16-7(14)4-8(17-10)15-5-6(18)9(12)13/h4,6,9,18H,5H2,1-3H3,(H3,14,15,16,17). The predicted molar refractivity (Wildman–Crippen MR) is 65.6 cm³/mol. The van der Waals surface area contributed by atoms with Crippen LogP contribution >= 0.6 is 0 Å². The van der Waals surface area contributed by atoms with Crippen molar-refractivity contribution in [2.24, 2.45) is 0 Å². The fraction of sp³-hybridized carbons (Fsp3) is 0.636. The van der Waals surface area contributed by atoms with Gasteiger partial charge in [0.15, 0.2) is 0 Å². The predicted octanol–water partition coefficient (Wildman–Crippen LogP) is 1.39. The number of halogens is 2. The van der Waals surface area contributed by atoms with Crippen LogP contribution in [0.25, 0.3) is 0 Å². The Hall–Kier alpha value is -1.50. The van der Waals surface area contributed by atoms with Gasteiger partial charge in [-0.25, -0.2) is 18.7 Å². The maximum Gasteiger partial charge on any atom is 0.265 e. The summed E-state index contributed by atoms with van der Waals surface area (Å²) in [4.78, 5) is 8.26. The van der Waals surface area contributed by atoms with Crippen molar-refractivity contribution in [2.45, 2.75) is 38.7 Å². The number of alkyl halides is 2. The molecule has 0 radical (unpaired) electrons. The Labute approximate surface area is 104 Å². The summed E-state index contributed by atoms with van der Waals surface area (Å²) in [6.07, 6.45) is -4.53. The number of nitrogens with one attached hydrogen (secondary N) is 1. The second-order valence-corrected chi connectivity index (χ2v) is 5.03. The molecule has 0 aromatic carbocycles. The van der Waals surface area contributed by atoms with Crippen molar-refractivity contribution in [1.82, 2.24) is 9.97 Å². The molecular weight excluding hydrogens is 242 g/mol. The number of anilines is 2.